The van der Waals surface area contributed by atoms with E-state index in [0.717, 1.165) is 5.56 Å². The van der Waals surface area contributed by atoms with Crippen molar-refractivity contribution >= 4 is 0 Å². The largest absolute Gasteiger partial charge is 0.379 e. The molecular weight excluding hydrogens is 198 g/mol. The number of aliphatic hydroxyl groups is 1. The summed E-state index contributed by atoms with van der Waals surface area (Å²) in [6.45, 7) is 5.76. The van der Waals surface area contributed by atoms with Gasteiger partial charge in [-0.1, -0.05) is 30.3 Å². The van der Waals surface area contributed by atoms with Gasteiger partial charge in [-0.25, -0.2) is 0 Å². The van der Waals surface area contributed by atoms with Gasteiger partial charge in [-0.3, -0.25) is 0 Å². The molecule has 16 heavy (non-hydrogen) atoms. The van der Waals surface area contributed by atoms with E-state index in [2.05, 4.69) is 0 Å². The lowest BCUT2D eigenvalue weighted by molar-refractivity contribution is -0.906. The molecule has 1 unspecified atom stereocenters. The second-order valence-corrected chi connectivity index (χ2v) is 5.54. The molecule has 1 aromatic carbocycles. The fraction of sp³-hybridized carbons (Fsp3) is 0.500. The van der Waals surface area contributed by atoms with Crippen LogP contribution >= 0.6 is 0 Å². The molecule has 0 heterocycles. The van der Waals surface area contributed by atoms with Crippen molar-refractivity contribution in [2.24, 2.45) is 0 Å². The van der Waals surface area contributed by atoms with Gasteiger partial charge in [0.05, 0.1) is 14.1 Å². The molecule has 88 valence electrons. The molecule has 2 heteroatoms. The fourth-order valence-electron chi connectivity index (χ4n) is 1.68. The SMILES string of the molecule is [CH][N+](C)(C)C(C)(C)C(C)(O)c1ccccc1. The van der Waals surface area contributed by atoms with Gasteiger partial charge in [-0.05, 0) is 26.3 Å². The fourth-order valence-corrected chi connectivity index (χ4v) is 1.68. The van der Waals surface area contributed by atoms with E-state index < -0.39 is 11.1 Å². The minimum Gasteiger partial charge on any atom is -0.379 e. The normalized spacial score (nSPS) is 16.9. The van der Waals surface area contributed by atoms with Crippen LogP contribution in [0, 0.1) is 7.05 Å². The van der Waals surface area contributed by atoms with E-state index >= 15 is 0 Å². The van der Waals surface area contributed by atoms with Crippen LogP contribution in [0.25, 0.3) is 0 Å². The summed E-state index contributed by atoms with van der Waals surface area (Å²) in [6, 6.07) is 9.65. The second-order valence-electron chi connectivity index (χ2n) is 5.54. The maximum atomic E-state index is 10.8. The maximum Gasteiger partial charge on any atom is 0.206 e. The molecule has 1 N–H and O–H groups in total. The Morgan fingerprint density at radius 2 is 1.50 bits per heavy atom. The summed E-state index contributed by atoms with van der Waals surface area (Å²) in [6.07, 6.45) is 0. The summed E-state index contributed by atoms with van der Waals surface area (Å²) in [7, 11) is 9.89. The van der Waals surface area contributed by atoms with Gasteiger partial charge in [0.1, 0.15) is 11.1 Å². The first-order valence-electron chi connectivity index (χ1n) is 5.51. The molecule has 0 aliphatic heterocycles. The minimum atomic E-state index is -0.980. The highest BCUT2D eigenvalue weighted by atomic mass is 16.3. The van der Waals surface area contributed by atoms with Crippen LogP contribution in [-0.2, 0) is 5.60 Å². The summed E-state index contributed by atoms with van der Waals surface area (Å²) in [5.74, 6) is 0. The number of benzene rings is 1. The summed E-state index contributed by atoms with van der Waals surface area (Å²) in [5, 5.41) is 10.8. The van der Waals surface area contributed by atoms with Gasteiger partial charge < -0.3 is 9.59 Å². The van der Waals surface area contributed by atoms with E-state index in [1.807, 2.05) is 65.2 Å². The highest BCUT2D eigenvalue weighted by Gasteiger charge is 2.50. The third-order valence-corrected chi connectivity index (χ3v) is 3.97. The lowest BCUT2D eigenvalue weighted by atomic mass is 9.76. The zero-order valence-corrected chi connectivity index (χ0v) is 10.9. The summed E-state index contributed by atoms with van der Waals surface area (Å²) in [5.41, 5.74) is -0.586. The highest BCUT2D eigenvalue weighted by molar-refractivity contribution is 5.24. The molecule has 0 fully saturated rings. The standard InChI is InChI=1S/C14H22NO/c1-13(2,15(4,5)6)14(3,16)12-10-8-7-9-11-12/h4,7-11,16H,1-3,5-6H3/q+1. The maximum absolute atomic E-state index is 10.8. The lowest BCUT2D eigenvalue weighted by Crippen LogP contribution is -2.62. The number of hydrogen-bond donors (Lipinski definition) is 1. The van der Waals surface area contributed by atoms with Gasteiger partial charge in [0.15, 0.2) is 0 Å². The van der Waals surface area contributed by atoms with E-state index in [-0.39, 0.29) is 4.48 Å². The van der Waals surface area contributed by atoms with Gasteiger partial charge in [-0.2, -0.15) is 0 Å². The van der Waals surface area contributed by atoms with Crippen LogP contribution in [-0.4, -0.2) is 29.2 Å². The number of nitrogens with zero attached hydrogens (tertiary/aromatic N) is 1. The van der Waals surface area contributed by atoms with Crippen LogP contribution < -0.4 is 0 Å². The van der Waals surface area contributed by atoms with Crippen molar-refractivity contribution in [3.8, 4) is 0 Å². The van der Waals surface area contributed by atoms with E-state index in [4.69, 9.17) is 7.05 Å². The summed E-state index contributed by atoms with van der Waals surface area (Å²) >= 11 is 0. The van der Waals surface area contributed by atoms with E-state index in [9.17, 15) is 5.11 Å². The van der Waals surface area contributed by atoms with Gasteiger partial charge >= 0.3 is 0 Å². The van der Waals surface area contributed by atoms with Crippen molar-refractivity contribution < 1.29 is 9.59 Å². The molecule has 0 bridgehead atoms. The third-order valence-electron chi connectivity index (χ3n) is 3.97. The number of rotatable bonds is 3. The molecule has 1 aromatic rings. The first-order valence-corrected chi connectivity index (χ1v) is 5.51. The average molecular weight is 220 g/mol. The van der Waals surface area contributed by atoms with E-state index in [0.29, 0.717) is 0 Å². The predicted octanol–water partition coefficient (Wildman–Crippen LogP) is 2.42. The average Bonchev–Trinajstić information content (AvgIpc) is 2.17. The van der Waals surface area contributed by atoms with E-state index in [1.165, 1.54) is 0 Å². The molecule has 2 radical (unpaired) electrons. The molecule has 0 saturated heterocycles. The molecule has 0 amide bonds. The third kappa shape index (κ3) is 2.00. The van der Waals surface area contributed by atoms with Gasteiger partial charge in [0.2, 0.25) is 7.05 Å². The Morgan fingerprint density at radius 3 is 1.88 bits per heavy atom. The first kappa shape index (κ1) is 13.2. The van der Waals surface area contributed by atoms with Gasteiger partial charge in [-0.15, -0.1) is 0 Å². The Hall–Kier alpha value is -0.860. The molecule has 0 saturated carbocycles. The van der Waals surface area contributed by atoms with Crippen molar-refractivity contribution in [2.45, 2.75) is 31.9 Å². The van der Waals surface area contributed by atoms with Gasteiger partial charge in [0.25, 0.3) is 0 Å². The monoisotopic (exact) mass is 220 g/mol. The summed E-state index contributed by atoms with van der Waals surface area (Å²) < 4.78 is 0.203. The molecule has 0 aliphatic carbocycles. The zero-order valence-electron chi connectivity index (χ0n) is 10.9. The molecule has 0 aliphatic rings. The smallest absolute Gasteiger partial charge is 0.206 e. The van der Waals surface area contributed by atoms with Crippen LogP contribution in [0.1, 0.15) is 26.3 Å². The Bertz CT molecular complexity index is 347. The van der Waals surface area contributed by atoms with E-state index in [1.54, 1.807) is 0 Å². The van der Waals surface area contributed by atoms with Crippen LogP contribution in [0.5, 0.6) is 0 Å². The Morgan fingerprint density at radius 1 is 1.06 bits per heavy atom. The Balaban J connectivity index is 3.22. The number of likely N-dealkylation sites (N-methyl/N-ethyl adjacent to an activating group) is 1. The molecular formula is C14H22NO+. The van der Waals surface area contributed by atoms with Crippen molar-refractivity contribution in [3.05, 3.63) is 42.9 Å². The minimum absolute atomic E-state index is 0.203. The molecule has 1 rings (SSSR count). The van der Waals surface area contributed by atoms with Crippen molar-refractivity contribution in [2.75, 3.05) is 14.1 Å². The van der Waals surface area contributed by atoms with Gasteiger partial charge in [0, 0.05) is 0 Å². The van der Waals surface area contributed by atoms with Crippen molar-refractivity contribution in [3.63, 3.8) is 0 Å². The quantitative estimate of drug-likeness (QED) is 0.776. The van der Waals surface area contributed by atoms with Crippen LogP contribution in [0.15, 0.2) is 30.3 Å². The van der Waals surface area contributed by atoms with Crippen LogP contribution in [0.4, 0.5) is 0 Å². The predicted molar refractivity (Wildman–Crippen MR) is 66.5 cm³/mol. The van der Waals surface area contributed by atoms with Crippen LogP contribution in [0.2, 0.25) is 0 Å². The molecule has 0 spiro atoms. The van der Waals surface area contributed by atoms with Crippen molar-refractivity contribution in [1.29, 1.82) is 0 Å². The number of quaternary nitrogens is 1. The van der Waals surface area contributed by atoms with Crippen LogP contribution in [0.3, 0.4) is 0 Å². The second kappa shape index (κ2) is 3.86. The Kier molecular flexibility index (Phi) is 3.19. The molecule has 0 aromatic heterocycles. The lowest BCUT2D eigenvalue weighted by Gasteiger charge is -2.49. The topological polar surface area (TPSA) is 20.2 Å². The summed E-state index contributed by atoms with van der Waals surface area (Å²) in [4.78, 5) is 0. The van der Waals surface area contributed by atoms with Crippen molar-refractivity contribution in [1.82, 2.24) is 0 Å². The molecule has 2 nitrogen and oxygen atoms in total. The zero-order chi connectivity index (χ0) is 12.6. The first-order chi connectivity index (χ1) is 7.11. The molecule has 1 atom stereocenters. The Labute approximate surface area is 99.1 Å². The highest BCUT2D eigenvalue weighted by Crippen LogP contribution is 2.38. The number of hydrogen-bond acceptors (Lipinski definition) is 1.